The Morgan fingerprint density at radius 2 is 1.25 bits per heavy atom. The van der Waals surface area contributed by atoms with Crippen LogP contribution in [0.4, 0.5) is 17.6 Å². The topological polar surface area (TPSA) is 98.4 Å². The van der Waals surface area contributed by atoms with E-state index in [1.54, 1.807) is 40.9 Å². The summed E-state index contributed by atoms with van der Waals surface area (Å²) in [5, 5.41) is 0.629. The van der Waals surface area contributed by atoms with Gasteiger partial charge >= 0.3 is 0 Å². The molecule has 2 heterocycles. The summed E-state index contributed by atoms with van der Waals surface area (Å²) in [5.41, 5.74) is 2.18. The van der Waals surface area contributed by atoms with E-state index in [1.165, 1.54) is 0 Å². The quantitative estimate of drug-likeness (QED) is 0.400. The van der Waals surface area contributed by atoms with Crippen LogP contribution < -0.4 is 0 Å². The van der Waals surface area contributed by atoms with Gasteiger partial charge in [0.25, 0.3) is 5.95 Å². The lowest BCUT2D eigenvalue weighted by molar-refractivity contribution is 0.642. The molecule has 0 aliphatic rings. The van der Waals surface area contributed by atoms with Gasteiger partial charge < -0.3 is 14.7 Å². The number of rotatable bonds is 7. The molecule has 2 aromatic heterocycles. The number of nitrogens with zero attached hydrogens (tertiary/aromatic N) is 10. The predicted molar refractivity (Wildman–Crippen MR) is 131 cm³/mol. The largest absolute Gasteiger partial charge is 0.369 e. The molecule has 10 nitrogen and oxygen atoms in total. The molecule has 3 rings (SSSR count). The minimum Gasteiger partial charge on any atom is -0.369 e. The van der Waals surface area contributed by atoms with Gasteiger partial charge in [-0.1, -0.05) is 23.7 Å². The van der Waals surface area contributed by atoms with Crippen molar-refractivity contribution in [2.24, 2.45) is 15.0 Å². The third kappa shape index (κ3) is 5.94. The van der Waals surface area contributed by atoms with Gasteiger partial charge in [-0.25, -0.2) is 24.9 Å². The summed E-state index contributed by atoms with van der Waals surface area (Å²) < 4.78 is 0. The molecule has 0 radical (unpaired) electrons. The Kier molecular flexibility index (Phi) is 7.26. The number of hydrogen-bond acceptors (Lipinski definition) is 7. The SMILES string of the molecule is CN(C)C=Nc1nc2nc(/N=C/N(C)C)nc(N=CN(C)C)c2nc1-c1ccc(Cl)cc1. The van der Waals surface area contributed by atoms with Crippen molar-refractivity contribution in [2.75, 3.05) is 42.3 Å². The predicted octanol–water partition coefficient (Wildman–Crippen LogP) is 3.40. The average Bonchev–Trinajstić information content (AvgIpc) is 2.74. The van der Waals surface area contributed by atoms with Crippen molar-refractivity contribution < 1.29 is 0 Å². The molecule has 0 N–H and O–H groups in total. The van der Waals surface area contributed by atoms with Gasteiger partial charge in [0.1, 0.15) is 5.69 Å². The van der Waals surface area contributed by atoms with Gasteiger partial charge in [-0.15, -0.1) is 0 Å². The van der Waals surface area contributed by atoms with E-state index < -0.39 is 0 Å². The molecule has 0 amide bonds. The van der Waals surface area contributed by atoms with Crippen molar-refractivity contribution in [1.29, 1.82) is 0 Å². The number of aliphatic imine (C=N–C) groups is 3. The van der Waals surface area contributed by atoms with Gasteiger partial charge in [0.05, 0.1) is 19.0 Å². The minimum atomic E-state index is 0.230. The van der Waals surface area contributed by atoms with Crippen LogP contribution in [-0.2, 0) is 0 Å². The summed E-state index contributed by atoms with van der Waals surface area (Å²) in [7, 11) is 11.2. The number of benzene rings is 1. The number of hydrogen-bond donors (Lipinski definition) is 0. The third-order valence-corrected chi connectivity index (χ3v) is 4.08. The van der Waals surface area contributed by atoms with Crippen LogP contribution in [0.5, 0.6) is 0 Å². The van der Waals surface area contributed by atoms with E-state index in [1.807, 2.05) is 59.3 Å². The smallest absolute Gasteiger partial charge is 0.255 e. The molecule has 0 atom stereocenters. The molecule has 1 aromatic carbocycles. The third-order valence-electron chi connectivity index (χ3n) is 3.83. The first-order valence-electron chi connectivity index (χ1n) is 9.70. The molecule has 0 unspecified atom stereocenters. The van der Waals surface area contributed by atoms with Crippen LogP contribution in [0, 0.1) is 0 Å². The second-order valence-electron chi connectivity index (χ2n) is 7.55. The minimum absolute atomic E-state index is 0.230. The summed E-state index contributed by atoms with van der Waals surface area (Å²) in [6, 6.07) is 7.32. The Labute approximate surface area is 192 Å². The molecule has 3 aromatic rings. The Hall–Kier alpha value is -3.66. The van der Waals surface area contributed by atoms with E-state index in [0.717, 1.165) is 5.56 Å². The van der Waals surface area contributed by atoms with Gasteiger partial charge in [-0.2, -0.15) is 9.97 Å². The molecule has 0 saturated carbocycles. The molecule has 0 aliphatic heterocycles. The van der Waals surface area contributed by atoms with Crippen molar-refractivity contribution in [1.82, 2.24) is 34.6 Å². The molecular formula is C21H25ClN10. The summed E-state index contributed by atoms with van der Waals surface area (Å²) in [6.45, 7) is 0. The Bertz CT molecular complexity index is 1170. The highest BCUT2D eigenvalue weighted by atomic mass is 35.5. The van der Waals surface area contributed by atoms with Crippen LogP contribution in [0.2, 0.25) is 5.02 Å². The summed E-state index contributed by atoms with van der Waals surface area (Å²) >= 11 is 6.07. The first kappa shape index (κ1) is 23.0. The van der Waals surface area contributed by atoms with Gasteiger partial charge in [-0.05, 0) is 12.1 Å². The second-order valence-corrected chi connectivity index (χ2v) is 7.98. The molecule has 0 saturated heterocycles. The van der Waals surface area contributed by atoms with Gasteiger partial charge in [0.15, 0.2) is 22.8 Å². The second kappa shape index (κ2) is 10.1. The van der Waals surface area contributed by atoms with Crippen molar-refractivity contribution in [2.45, 2.75) is 0 Å². The van der Waals surface area contributed by atoms with Gasteiger partial charge in [-0.3, -0.25) is 0 Å². The Morgan fingerprint density at radius 1 is 0.688 bits per heavy atom. The van der Waals surface area contributed by atoms with Crippen LogP contribution in [-0.4, -0.2) is 95.9 Å². The molecule has 166 valence electrons. The number of fused-ring (bicyclic) bond motifs is 1. The normalized spacial score (nSPS) is 11.8. The summed E-state index contributed by atoms with van der Waals surface area (Å²) in [4.78, 5) is 37.1. The maximum absolute atomic E-state index is 6.07. The molecule has 0 spiro atoms. The van der Waals surface area contributed by atoms with Gasteiger partial charge in [0.2, 0.25) is 0 Å². The molecule has 0 fully saturated rings. The monoisotopic (exact) mass is 452 g/mol. The molecule has 32 heavy (non-hydrogen) atoms. The average molecular weight is 453 g/mol. The van der Waals surface area contributed by atoms with Crippen LogP contribution in [0.25, 0.3) is 22.4 Å². The summed E-state index contributed by atoms with van der Waals surface area (Å²) in [6.07, 6.45) is 4.91. The highest BCUT2D eigenvalue weighted by molar-refractivity contribution is 6.30. The summed E-state index contributed by atoms with van der Waals surface area (Å²) in [5.74, 6) is 1.01. The number of halogens is 1. The first-order chi connectivity index (χ1) is 15.2. The zero-order valence-electron chi connectivity index (χ0n) is 18.9. The maximum atomic E-state index is 6.07. The first-order valence-corrected chi connectivity index (χ1v) is 10.1. The Morgan fingerprint density at radius 3 is 1.84 bits per heavy atom. The zero-order chi connectivity index (χ0) is 23.3. The zero-order valence-corrected chi connectivity index (χ0v) is 19.6. The fourth-order valence-corrected chi connectivity index (χ4v) is 2.59. The fourth-order valence-electron chi connectivity index (χ4n) is 2.46. The van der Waals surface area contributed by atoms with Crippen molar-refractivity contribution >= 4 is 59.4 Å². The Balaban J connectivity index is 2.29. The lowest BCUT2D eigenvalue weighted by Crippen LogP contribution is -2.08. The standard InChI is InChI=1S/C21H25ClN10/c1-30(2)11-23-18-16(14-7-9-15(22)10-8-14)26-17-19(24-12-31(3)4)28-21(25-13-32(5)6)29-20(17)27-18/h7-13H,1-6H3/b23-11?,24-12?,25-13+. The van der Waals surface area contributed by atoms with E-state index in [2.05, 4.69) is 29.9 Å². The van der Waals surface area contributed by atoms with E-state index in [0.29, 0.717) is 33.5 Å². The van der Waals surface area contributed by atoms with Crippen molar-refractivity contribution in [3.05, 3.63) is 29.3 Å². The molecule has 0 aliphatic carbocycles. The molecule has 0 bridgehead atoms. The lowest BCUT2D eigenvalue weighted by atomic mass is 10.1. The fraction of sp³-hybridized carbons (Fsp3) is 0.286. The van der Waals surface area contributed by atoms with E-state index in [9.17, 15) is 0 Å². The van der Waals surface area contributed by atoms with Crippen molar-refractivity contribution in [3.8, 4) is 11.3 Å². The lowest BCUT2D eigenvalue weighted by Gasteiger charge is -2.10. The number of aromatic nitrogens is 4. The van der Waals surface area contributed by atoms with Gasteiger partial charge in [0, 0.05) is 52.9 Å². The molecular weight excluding hydrogens is 428 g/mol. The van der Waals surface area contributed by atoms with E-state index in [-0.39, 0.29) is 5.95 Å². The van der Waals surface area contributed by atoms with Crippen LogP contribution >= 0.6 is 11.6 Å². The van der Waals surface area contributed by atoms with Crippen LogP contribution in [0.3, 0.4) is 0 Å². The highest BCUT2D eigenvalue weighted by Gasteiger charge is 2.16. The highest BCUT2D eigenvalue weighted by Crippen LogP contribution is 2.32. The molecule has 11 heteroatoms. The van der Waals surface area contributed by atoms with E-state index >= 15 is 0 Å². The van der Waals surface area contributed by atoms with E-state index in [4.69, 9.17) is 16.6 Å². The van der Waals surface area contributed by atoms with Crippen LogP contribution in [0.1, 0.15) is 0 Å². The van der Waals surface area contributed by atoms with Crippen molar-refractivity contribution in [3.63, 3.8) is 0 Å². The maximum Gasteiger partial charge on any atom is 0.255 e. The van der Waals surface area contributed by atoms with Crippen LogP contribution in [0.15, 0.2) is 39.2 Å².